The minimum atomic E-state index is -0.403. The van der Waals surface area contributed by atoms with E-state index in [1.54, 1.807) is 24.3 Å². The molecular formula is C15H14FNO3. The van der Waals surface area contributed by atoms with Gasteiger partial charge in [-0.25, -0.2) is 9.18 Å². The van der Waals surface area contributed by atoms with Gasteiger partial charge in [-0.3, -0.25) is 0 Å². The number of hydrogen-bond donors (Lipinski definition) is 2. The number of hydrogen-bond acceptors (Lipinski definition) is 4. The molecule has 0 atom stereocenters. The van der Waals surface area contributed by atoms with Crippen molar-refractivity contribution in [2.24, 2.45) is 0 Å². The van der Waals surface area contributed by atoms with E-state index in [4.69, 9.17) is 0 Å². The topological polar surface area (TPSA) is 58.6 Å². The van der Waals surface area contributed by atoms with E-state index in [0.717, 1.165) is 5.69 Å². The van der Waals surface area contributed by atoms with Crippen LogP contribution in [0.1, 0.15) is 15.9 Å². The van der Waals surface area contributed by atoms with Crippen LogP contribution in [0.5, 0.6) is 5.75 Å². The molecule has 2 rings (SSSR count). The molecule has 0 aromatic heterocycles. The second-order valence-electron chi connectivity index (χ2n) is 4.20. The van der Waals surface area contributed by atoms with Crippen LogP contribution in [0.4, 0.5) is 10.1 Å². The molecule has 0 spiro atoms. The summed E-state index contributed by atoms with van der Waals surface area (Å²) in [6.07, 6.45) is 0. The lowest BCUT2D eigenvalue weighted by atomic mass is 10.1. The van der Waals surface area contributed by atoms with Crippen LogP contribution in [0.2, 0.25) is 0 Å². The smallest absolute Gasteiger partial charge is 0.337 e. The predicted molar refractivity (Wildman–Crippen MR) is 73.2 cm³/mol. The highest BCUT2D eigenvalue weighted by atomic mass is 19.1. The van der Waals surface area contributed by atoms with Crippen molar-refractivity contribution in [3.05, 3.63) is 59.4 Å². The standard InChI is InChI=1S/C15H14FNO3/c1-20-15(19)10-2-5-13(6-3-10)17-9-11-8-12(16)4-7-14(11)18/h2-8,17-18H,9H2,1H3. The van der Waals surface area contributed by atoms with E-state index in [2.05, 4.69) is 10.1 Å². The average Bonchev–Trinajstić information content (AvgIpc) is 2.48. The minimum Gasteiger partial charge on any atom is -0.508 e. The number of anilines is 1. The summed E-state index contributed by atoms with van der Waals surface area (Å²) in [4.78, 5) is 11.3. The van der Waals surface area contributed by atoms with Crippen molar-refractivity contribution in [2.45, 2.75) is 6.54 Å². The zero-order chi connectivity index (χ0) is 14.5. The molecule has 104 valence electrons. The van der Waals surface area contributed by atoms with Crippen molar-refractivity contribution >= 4 is 11.7 Å². The highest BCUT2D eigenvalue weighted by molar-refractivity contribution is 5.89. The fourth-order valence-electron chi connectivity index (χ4n) is 1.73. The normalized spacial score (nSPS) is 10.1. The number of esters is 1. The molecule has 0 bridgehead atoms. The van der Waals surface area contributed by atoms with E-state index < -0.39 is 11.8 Å². The minimum absolute atomic E-state index is 0.0325. The number of rotatable bonds is 4. The van der Waals surface area contributed by atoms with Gasteiger partial charge >= 0.3 is 5.97 Å². The third-order valence-electron chi connectivity index (χ3n) is 2.83. The molecule has 2 aromatic rings. The van der Waals surface area contributed by atoms with Gasteiger partial charge in [0, 0.05) is 17.8 Å². The molecule has 2 N–H and O–H groups in total. The summed E-state index contributed by atoms with van der Waals surface area (Å²) in [5.41, 5.74) is 1.66. The largest absolute Gasteiger partial charge is 0.508 e. The molecule has 4 nitrogen and oxygen atoms in total. The molecule has 5 heteroatoms. The number of benzene rings is 2. The number of carbonyl (C=O) groups excluding carboxylic acids is 1. The first-order chi connectivity index (χ1) is 9.60. The van der Waals surface area contributed by atoms with Crippen molar-refractivity contribution in [3.8, 4) is 5.75 Å². The number of methoxy groups -OCH3 is 1. The Bertz CT molecular complexity index is 611. The molecule has 0 fully saturated rings. The Labute approximate surface area is 115 Å². The summed E-state index contributed by atoms with van der Waals surface area (Å²) < 4.78 is 17.7. The zero-order valence-corrected chi connectivity index (χ0v) is 10.9. The van der Waals surface area contributed by atoms with Crippen molar-refractivity contribution in [2.75, 3.05) is 12.4 Å². The quantitative estimate of drug-likeness (QED) is 0.842. The van der Waals surface area contributed by atoms with Gasteiger partial charge in [0.25, 0.3) is 0 Å². The second kappa shape index (κ2) is 6.06. The van der Waals surface area contributed by atoms with Crippen LogP contribution in [0.15, 0.2) is 42.5 Å². The van der Waals surface area contributed by atoms with E-state index in [-0.39, 0.29) is 12.3 Å². The van der Waals surface area contributed by atoms with E-state index in [0.29, 0.717) is 11.1 Å². The molecule has 0 aliphatic rings. The number of phenolic OH excluding ortho intramolecular Hbond substituents is 1. The number of phenols is 1. The zero-order valence-electron chi connectivity index (χ0n) is 10.9. The first-order valence-corrected chi connectivity index (χ1v) is 6.00. The van der Waals surface area contributed by atoms with Gasteiger partial charge < -0.3 is 15.2 Å². The van der Waals surface area contributed by atoms with Gasteiger partial charge in [0.1, 0.15) is 11.6 Å². The molecule has 0 saturated heterocycles. The highest BCUT2D eigenvalue weighted by Gasteiger charge is 2.05. The van der Waals surface area contributed by atoms with Gasteiger partial charge in [-0.05, 0) is 42.5 Å². The van der Waals surface area contributed by atoms with Crippen LogP contribution >= 0.6 is 0 Å². The average molecular weight is 275 g/mol. The van der Waals surface area contributed by atoms with Crippen molar-refractivity contribution < 1.29 is 19.0 Å². The lowest BCUT2D eigenvalue weighted by Gasteiger charge is -2.09. The first kappa shape index (κ1) is 13.9. The Morgan fingerprint density at radius 1 is 1.25 bits per heavy atom. The first-order valence-electron chi connectivity index (χ1n) is 6.00. The second-order valence-corrected chi connectivity index (χ2v) is 4.20. The summed E-state index contributed by atoms with van der Waals surface area (Å²) in [6.45, 7) is 0.279. The monoisotopic (exact) mass is 275 g/mol. The maximum absolute atomic E-state index is 13.1. The van der Waals surface area contributed by atoms with Crippen molar-refractivity contribution in [1.82, 2.24) is 0 Å². The number of halogens is 1. The molecular weight excluding hydrogens is 261 g/mol. The van der Waals surface area contributed by atoms with E-state index in [9.17, 15) is 14.3 Å². The third-order valence-corrected chi connectivity index (χ3v) is 2.83. The van der Waals surface area contributed by atoms with Gasteiger partial charge in [0.2, 0.25) is 0 Å². The highest BCUT2D eigenvalue weighted by Crippen LogP contribution is 2.19. The number of carbonyl (C=O) groups is 1. The maximum atomic E-state index is 13.1. The Hall–Kier alpha value is -2.56. The molecule has 0 unspecified atom stereocenters. The summed E-state index contributed by atoms with van der Waals surface area (Å²) in [5.74, 6) is -0.773. The maximum Gasteiger partial charge on any atom is 0.337 e. The third kappa shape index (κ3) is 3.26. The molecule has 0 amide bonds. The van der Waals surface area contributed by atoms with Gasteiger partial charge in [-0.2, -0.15) is 0 Å². The fraction of sp³-hybridized carbons (Fsp3) is 0.133. The molecule has 0 aliphatic carbocycles. The summed E-state index contributed by atoms with van der Waals surface area (Å²) in [5, 5.41) is 12.6. The molecule has 0 aliphatic heterocycles. The lowest BCUT2D eigenvalue weighted by molar-refractivity contribution is 0.0601. The summed E-state index contributed by atoms with van der Waals surface area (Å²) in [7, 11) is 1.32. The van der Waals surface area contributed by atoms with Crippen LogP contribution in [-0.4, -0.2) is 18.2 Å². The van der Waals surface area contributed by atoms with Crippen LogP contribution in [0, 0.1) is 5.82 Å². The fourth-order valence-corrected chi connectivity index (χ4v) is 1.73. The Kier molecular flexibility index (Phi) is 4.20. The van der Waals surface area contributed by atoms with Crippen LogP contribution in [0.25, 0.3) is 0 Å². The summed E-state index contributed by atoms with van der Waals surface area (Å²) in [6, 6.07) is 10.5. The van der Waals surface area contributed by atoms with Gasteiger partial charge in [0.15, 0.2) is 0 Å². The molecule has 20 heavy (non-hydrogen) atoms. The lowest BCUT2D eigenvalue weighted by Crippen LogP contribution is -2.03. The van der Waals surface area contributed by atoms with Gasteiger partial charge in [0.05, 0.1) is 12.7 Å². The SMILES string of the molecule is COC(=O)c1ccc(NCc2cc(F)ccc2O)cc1. The molecule has 0 heterocycles. The predicted octanol–water partition coefficient (Wildman–Crippen LogP) is 2.93. The summed E-state index contributed by atoms with van der Waals surface area (Å²) >= 11 is 0. The van der Waals surface area contributed by atoms with E-state index >= 15 is 0 Å². The van der Waals surface area contributed by atoms with Gasteiger partial charge in [-0.1, -0.05) is 0 Å². The Morgan fingerprint density at radius 3 is 2.60 bits per heavy atom. The Morgan fingerprint density at radius 2 is 1.95 bits per heavy atom. The Balaban J connectivity index is 2.04. The number of ether oxygens (including phenoxy) is 1. The molecule has 0 radical (unpaired) electrons. The number of nitrogens with one attached hydrogen (secondary N) is 1. The van der Waals surface area contributed by atoms with Crippen LogP contribution in [-0.2, 0) is 11.3 Å². The van der Waals surface area contributed by atoms with E-state index in [1.807, 2.05) is 0 Å². The van der Waals surface area contributed by atoms with E-state index in [1.165, 1.54) is 25.3 Å². The van der Waals surface area contributed by atoms with Crippen molar-refractivity contribution in [3.63, 3.8) is 0 Å². The molecule has 2 aromatic carbocycles. The van der Waals surface area contributed by atoms with Crippen molar-refractivity contribution in [1.29, 1.82) is 0 Å². The van der Waals surface area contributed by atoms with Crippen LogP contribution in [0.3, 0.4) is 0 Å². The van der Waals surface area contributed by atoms with Crippen LogP contribution < -0.4 is 5.32 Å². The molecule has 0 saturated carbocycles. The van der Waals surface area contributed by atoms with Gasteiger partial charge in [-0.15, -0.1) is 0 Å². The number of aromatic hydroxyl groups is 1.